The summed E-state index contributed by atoms with van der Waals surface area (Å²) in [5.41, 5.74) is 0.259. The van der Waals surface area contributed by atoms with Crippen LogP contribution in [0.3, 0.4) is 0 Å². The lowest BCUT2D eigenvalue weighted by Crippen LogP contribution is -1.95. The summed E-state index contributed by atoms with van der Waals surface area (Å²) < 4.78 is 18.0. The van der Waals surface area contributed by atoms with Crippen LogP contribution >= 0.6 is 11.6 Å². The van der Waals surface area contributed by atoms with Gasteiger partial charge in [-0.1, -0.05) is 17.7 Å². The van der Waals surface area contributed by atoms with Gasteiger partial charge in [-0.3, -0.25) is 0 Å². The predicted octanol–water partition coefficient (Wildman–Crippen LogP) is 1.75. The third kappa shape index (κ3) is 2.07. The molecule has 4 nitrogen and oxygen atoms in total. The van der Waals surface area contributed by atoms with Gasteiger partial charge in [0.1, 0.15) is 5.82 Å². The summed E-state index contributed by atoms with van der Waals surface area (Å²) in [7, 11) is 0. The highest BCUT2D eigenvalue weighted by Gasteiger charge is 2.11. The van der Waals surface area contributed by atoms with Crippen LogP contribution in [0, 0.1) is 5.82 Å². The molecule has 1 aromatic carbocycles. The van der Waals surface area contributed by atoms with Crippen LogP contribution in [0.1, 0.15) is 11.5 Å². The zero-order chi connectivity index (χ0) is 10.8. The molecule has 0 bridgehead atoms. The SMILES string of the molecule is O=c1[nH]nc(Cc2c(F)cccc2Cl)o1. The highest BCUT2D eigenvalue weighted by atomic mass is 35.5. The monoisotopic (exact) mass is 228 g/mol. The maximum absolute atomic E-state index is 13.3. The third-order valence-electron chi connectivity index (χ3n) is 1.87. The highest BCUT2D eigenvalue weighted by Crippen LogP contribution is 2.20. The van der Waals surface area contributed by atoms with Gasteiger partial charge >= 0.3 is 5.76 Å². The Labute approximate surface area is 88.7 Å². The van der Waals surface area contributed by atoms with Crippen molar-refractivity contribution in [2.45, 2.75) is 6.42 Å². The Morgan fingerprint density at radius 2 is 2.33 bits per heavy atom. The topological polar surface area (TPSA) is 58.9 Å². The number of nitrogens with zero attached hydrogens (tertiary/aromatic N) is 1. The van der Waals surface area contributed by atoms with E-state index in [1.165, 1.54) is 12.1 Å². The van der Waals surface area contributed by atoms with Gasteiger partial charge in [0.15, 0.2) is 0 Å². The van der Waals surface area contributed by atoms with E-state index in [4.69, 9.17) is 11.6 Å². The number of aromatic nitrogens is 2. The van der Waals surface area contributed by atoms with Gasteiger partial charge in [-0.2, -0.15) is 0 Å². The van der Waals surface area contributed by atoms with Crippen molar-refractivity contribution in [3.63, 3.8) is 0 Å². The molecule has 2 rings (SSSR count). The molecule has 0 amide bonds. The molecule has 1 aromatic heterocycles. The summed E-state index contributed by atoms with van der Waals surface area (Å²) in [6, 6.07) is 4.35. The van der Waals surface area contributed by atoms with Gasteiger partial charge in [-0.25, -0.2) is 14.3 Å². The molecule has 2 aromatic rings. The average Bonchev–Trinajstić information content (AvgIpc) is 2.58. The number of hydrogen-bond donors (Lipinski definition) is 1. The van der Waals surface area contributed by atoms with E-state index >= 15 is 0 Å². The summed E-state index contributed by atoms with van der Waals surface area (Å²) in [6.45, 7) is 0. The third-order valence-corrected chi connectivity index (χ3v) is 2.23. The fraction of sp³-hybridized carbons (Fsp3) is 0.111. The van der Waals surface area contributed by atoms with Crippen LogP contribution in [0.5, 0.6) is 0 Å². The van der Waals surface area contributed by atoms with Gasteiger partial charge < -0.3 is 4.42 Å². The lowest BCUT2D eigenvalue weighted by molar-refractivity contribution is 0.468. The van der Waals surface area contributed by atoms with Crippen LogP contribution in [0.4, 0.5) is 4.39 Å². The van der Waals surface area contributed by atoms with E-state index in [-0.39, 0.29) is 22.9 Å². The van der Waals surface area contributed by atoms with Crippen LogP contribution in [-0.2, 0) is 6.42 Å². The van der Waals surface area contributed by atoms with Gasteiger partial charge in [-0.05, 0) is 12.1 Å². The van der Waals surface area contributed by atoms with Crippen LogP contribution in [0.15, 0.2) is 27.4 Å². The molecule has 0 aliphatic carbocycles. The molecule has 1 heterocycles. The first kappa shape index (κ1) is 9.92. The average molecular weight is 229 g/mol. The van der Waals surface area contributed by atoms with Gasteiger partial charge in [0.25, 0.3) is 0 Å². The molecule has 0 aliphatic rings. The van der Waals surface area contributed by atoms with E-state index in [9.17, 15) is 9.18 Å². The van der Waals surface area contributed by atoms with Crippen molar-refractivity contribution in [1.82, 2.24) is 10.2 Å². The van der Waals surface area contributed by atoms with E-state index in [2.05, 4.69) is 14.6 Å². The maximum Gasteiger partial charge on any atom is 0.434 e. The molecule has 0 unspecified atom stereocenters. The quantitative estimate of drug-likeness (QED) is 0.852. The first-order valence-corrected chi connectivity index (χ1v) is 4.52. The second-order valence-electron chi connectivity index (χ2n) is 2.88. The predicted molar refractivity (Wildman–Crippen MR) is 51.3 cm³/mol. The molecule has 0 spiro atoms. The van der Waals surface area contributed by atoms with Gasteiger partial charge in [0.2, 0.25) is 5.89 Å². The summed E-state index contributed by atoms with van der Waals surface area (Å²) in [5, 5.41) is 5.93. The van der Waals surface area contributed by atoms with Crippen molar-refractivity contribution >= 4 is 11.6 Å². The Morgan fingerprint density at radius 1 is 1.53 bits per heavy atom. The Hall–Kier alpha value is -1.62. The van der Waals surface area contributed by atoms with Crippen molar-refractivity contribution < 1.29 is 8.81 Å². The molecule has 0 saturated carbocycles. The molecule has 0 saturated heterocycles. The Morgan fingerprint density at radius 3 is 2.93 bits per heavy atom. The molecular formula is C9H6ClFN2O2. The fourth-order valence-electron chi connectivity index (χ4n) is 1.19. The van der Waals surface area contributed by atoms with Gasteiger partial charge in [-0.15, -0.1) is 5.10 Å². The second-order valence-corrected chi connectivity index (χ2v) is 3.29. The Kier molecular flexibility index (Phi) is 2.55. The van der Waals surface area contributed by atoms with Crippen molar-refractivity contribution in [2.24, 2.45) is 0 Å². The van der Waals surface area contributed by atoms with Crippen LogP contribution < -0.4 is 5.76 Å². The summed E-state index contributed by atoms with van der Waals surface area (Å²) in [4.78, 5) is 10.6. The van der Waals surface area contributed by atoms with Crippen LogP contribution in [-0.4, -0.2) is 10.2 Å². The van der Waals surface area contributed by atoms with E-state index in [1.807, 2.05) is 0 Å². The molecule has 1 N–H and O–H groups in total. The number of H-pyrrole nitrogens is 1. The smallest absolute Gasteiger partial charge is 0.392 e. The zero-order valence-electron chi connectivity index (χ0n) is 7.46. The van der Waals surface area contributed by atoms with E-state index in [0.29, 0.717) is 0 Å². The number of halogens is 2. The molecular weight excluding hydrogens is 223 g/mol. The molecule has 0 atom stereocenters. The number of benzene rings is 1. The normalized spacial score (nSPS) is 10.5. The number of nitrogens with one attached hydrogen (secondary N) is 1. The molecule has 0 aliphatic heterocycles. The maximum atomic E-state index is 13.3. The van der Waals surface area contributed by atoms with Crippen molar-refractivity contribution in [3.05, 3.63) is 51.0 Å². The first-order valence-electron chi connectivity index (χ1n) is 4.14. The van der Waals surface area contributed by atoms with Crippen molar-refractivity contribution in [2.75, 3.05) is 0 Å². The van der Waals surface area contributed by atoms with Crippen LogP contribution in [0.2, 0.25) is 5.02 Å². The van der Waals surface area contributed by atoms with Crippen LogP contribution in [0.25, 0.3) is 0 Å². The van der Waals surface area contributed by atoms with Gasteiger partial charge in [0.05, 0.1) is 6.42 Å². The minimum atomic E-state index is -0.669. The zero-order valence-corrected chi connectivity index (χ0v) is 8.21. The molecule has 0 radical (unpaired) electrons. The van der Waals surface area contributed by atoms with E-state index in [0.717, 1.165) is 0 Å². The summed E-state index contributed by atoms with van der Waals surface area (Å²) >= 11 is 5.79. The molecule has 6 heteroatoms. The van der Waals surface area contributed by atoms with E-state index < -0.39 is 11.6 Å². The fourth-order valence-corrected chi connectivity index (χ4v) is 1.42. The number of aromatic amines is 1. The molecule has 78 valence electrons. The highest BCUT2D eigenvalue weighted by molar-refractivity contribution is 6.31. The molecule has 15 heavy (non-hydrogen) atoms. The number of rotatable bonds is 2. The minimum absolute atomic E-state index is 0.0459. The standard InChI is InChI=1S/C9H6ClFN2O2/c10-6-2-1-3-7(11)5(6)4-8-12-13-9(14)15-8/h1-3H,4H2,(H,13,14). The second kappa shape index (κ2) is 3.86. The van der Waals surface area contributed by atoms with Crippen molar-refractivity contribution in [3.8, 4) is 0 Å². The number of hydrogen-bond acceptors (Lipinski definition) is 3. The molecule has 0 fully saturated rings. The van der Waals surface area contributed by atoms with Gasteiger partial charge in [0, 0.05) is 10.6 Å². The van der Waals surface area contributed by atoms with E-state index in [1.54, 1.807) is 6.07 Å². The lowest BCUT2D eigenvalue weighted by Gasteiger charge is -2.01. The minimum Gasteiger partial charge on any atom is -0.392 e. The lowest BCUT2D eigenvalue weighted by atomic mass is 10.1. The van der Waals surface area contributed by atoms with Crippen molar-refractivity contribution in [1.29, 1.82) is 0 Å². The largest absolute Gasteiger partial charge is 0.434 e. The Bertz CT molecular complexity index is 515. The Balaban J connectivity index is 2.35. The first-order chi connectivity index (χ1) is 7.16. The summed E-state index contributed by atoms with van der Waals surface area (Å²) in [6.07, 6.45) is 0.0459. The summed E-state index contributed by atoms with van der Waals surface area (Å²) in [5.74, 6) is -1.02.